The monoisotopic (exact) mass is 693 g/mol. The van der Waals surface area contributed by atoms with Gasteiger partial charge in [-0.1, -0.05) is 33.6 Å². The number of carboxylic acids is 1. The van der Waals surface area contributed by atoms with Crippen LogP contribution in [0.3, 0.4) is 0 Å². The minimum absolute atomic E-state index is 0.0702. The predicted octanol–water partition coefficient (Wildman–Crippen LogP) is 6.18. The van der Waals surface area contributed by atoms with Crippen LogP contribution in [-0.4, -0.2) is 90.1 Å². The lowest BCUT2D eigenvalue weighted by molar-refractivity contribution is -0.148. The Balaban J connectivity index is -0.000000659. The van der Waals surface area contributed by atoms with E-state index in [2.05, 4.69) is 16.0 Å². The Morgan fingerprint density at radius 1 is 0.604 bits per heavy atom. The largest absolute Gasteiger partial charge is 0.481 e. The fourth-order valence-electron chi connectivity index (χ4n) is 3.22. The lowest BCUT2D eigenvalue weighted by Gasteiger charge is -2.19. The molecule has 3 amide bonds. The van der Waals surface area contributed by atoms with E-state index in [1.165, 1.54) is 0 Å². The van der Waals surface area contributed by atoms with Crippen LogP contribution in [0, 0.1) is 11.8 Å². The van der Waals surface area contributed by atoms with Crippen molar-refractivity contribution in [3.8, 4) is 0 Å². The van der Waals surface area contributed by atoms with Crippen LogP contribution in [0.2, 0.25) is 0 Å². The van der Waals surface area contributed by atoms with Gasteiger partial charge in [-0.15, -0.1) is 0 Å². The maximum Gasteiger partial charge on any atom is 0.407 e. The number of carbonyl (C=O) groups excluding carboxylic acids is 4. The summed E-state index contributed by atoms with van der Waals surface area (Å²) in [5.41, 5.74) is -1.43. The number of aliphatic hydroxyl groups excluding tert-OH is 1. The topological polar surface area (TPSA) is 199 Å². The van der Waals surface area contributed by atoms with Crippen LogP contribution in [0.25, 0.3) is 0 Å². The summed E-state index contributed by atoms with van der Waals surface area (Å²) in [4.78, 5) is 55.4. The second-order valence-corrected chi connectivity index (χ2v) is 14.3. The normalized spacial score (nSPS) is 12.4. The summed E-state index contributed by atoms with van der Waals surface area (Å²) in [7, 11) is 0. The van der Waals surface area contributed by atoms with Gasteiger partial charge in [-0.3, -0.25) is 9.59 Å². The molecule has 284 valence electrons. The van der Waals surface area contributed by atoms with Crippen LogP contribution >= 0.6 is 0 Å². The van der Waals surface area contributed by atoms with E-state index >= 15 is 0 Å². The average Bonchev–Trinajstić information content (AvgIpc) is 2.92. The lowest BCUT2D eigenvalue weighted by Crippen LogP contribution is -2.33. The summed E-state index contributed by atoms with van der Waals surface area (Å²) >= 11 is 0. The Hall–Kier alpha value is -3.29. The number of nitrogens with one attached hydrogen (secondary N) is 3. The fourth-order valence-corrected chi connectivity index (χ4v) is 3.22. The van der Waals surface area contributed by atoms with E-state index in [-0.39, 0.29) is 31.0 Å². The number of unbranched alkanes of at least 4 members (excludes halogenated alkanes) is 2. The standard InChI is InChI=1S/C15H29NO4.C12H23NO4.C7H15NO3/c1-6-11-19-13(17)12(2)9-7-8-10-16-14(18)20-15(3,4)5;1-9(10(14)15)7-5-6-8-13-11(16)17-12(2,3)4;1-7(2,3)11-6(10)8-4-5-9/h12H,6-11H2,1-5H3,(H,16,18);9H,5-8H2,1-4H3,(H,13,16)(H,14,15);9H,4-5H2,1-3H3,(H,8,10)/t12-;9-;/m00./s1. The molecule has 0 unspecified atom stereocenters. The highest BCUT2D eigenvalue weighted by Gasteiger charge is 2.18. The molecule has 0 radical (unpaired) electrons. The first-order valence-corrected chi connectivity index (χ1v) is 16.8. The molecular weight excluding hydrogens is 626 g/mol. The molecule has 0 aromatic heterocycles. The average molecular weight is 694 g/mol. The van der Waals surface area contributed by atoms with Gasteiger partial charge >= 0.3 is 30.2 Å². The van der Waals surface area contributed by atoms with Gasteiger partial charge in [0.2, 0.25) is 0 Å². The Bertz CT molecular complexity index is 907. The minimum atomic E-state index is -0.773. The number of alkyl carbamates (subject to hydrolysis) is 3. The molecule has 0 rings (SSSR count). The van der Waals surface area contributed by atoms with Gasteiger partial charge in [-0.05, 0) is 94.4 Å². The number of ether oxygens (including phenoxy) is 4. The van der Waals surface area contributed by atoms with Crippen LogP contribution in [0.1, 0.15) is 128 Å². The molecule has 0 fully saturated rings. The third-order valence-electron chi connectivity index (χ3n) is 5.52. The van der Waals surface area contributed by atoms with Crippen molar-refractivity contribution in [3.05, 3.63) is 0 Å². The minimum Gasteiger partial charge on any atom is -0.481 e. The van der Waals surface area contributed by atoms with Crippen LogP contribution in [0.5, 0.6) is 0 Å². The second kappa shape index (κ2) is 26.6. The first kappa shape index (κ1) is 49.1. The molecule has 0 aliphatic rings. The zero-order valence-corrected chi connectivity index (χ0v) is 31.7. The molecule has 0 aromatic rings. The third kappa shape index (κ3) is 38.9. The summed E-state index contributed by atoms with van der Waals surface area (Å²) in [5, 5.41) is 24.7. The first-order valence-electron chi connectivity index (χ1n) is 16.8. The molecule has 0 aliphatic heterocycles. The van der Waals surface area contributed by atoms with Crippen molar-refractivity contribution in [2.75, 3.05) is 32.8 Å². The third-order valence-corrected chi connectivity index (χ3v) is 5.52. The van der Waals surface area contributed by atoms with Crippen molar-refractivity contribution in [2.45, 2.75) is 145 Å². The molecule has 0 spiro atoms. The first-order chi connectivity index (χ1) is 21.9. The summed E-state index contributed by atoms with van der Waals surface area (Å²) in [6.45, 7) is 23.5. The van der Waals surface area contributed by atoms with E-state index in [0.29, 0.717) is 26.1 Å². The molecule has 0 aromatic carbocycles. The van der Waals surface area contributed by atoms with Gasteiger partial charge in [-0.2, -0.15) is 0 Å². The number of aliphatic hydroxyl groups is 1. The smallest absolute Gasteiger partial charge is 0.407 e. The Labute approximate surface area is 288 Å². The van der Waals surface area contributed by atoms with E-state index < -0.39 is 41.1 Å². The number of carbonyl (C=O) groups is 5. The number of hydrogen-bond acceptors (Lipinski definition) is 10. The Morgan fingerprint density at radius 2 is 0.958 bits per heavy atom. The molecule has 0 saturated heterocycles. The van der Waals surface area contributed by atoms with Crippen molar-refractivity contribution < 1.29 is 53.1 Å². The Kier molecular flexibility index (Phi) is 27.2. The van der Waals surface area contributed by atoms with Gasteiger partial charge in [0.25, 0.3) is 0 Å². The number of hydrogen-bond donors (Lipinski definition) is 5. The van der Waals surface area contributed by atoms with E-state index in [4.69, 9.17) is 29.2 Å². The maximum atomic E-state index is 11.5. The number of amides is 3. The maximum absolute atomic E-state index is 11.5. The molecule has 0 aliphatic carbocycles. The summed E-state index contributed by atoms with van der Waals surface area (Å²) in [5.74, 6) is -1.31. The lowest BCUT2D eigenvalue weighted by atomic mass is 10.0. The number of carboxylic acid groups (broad SMARTS) is 1. The molecule has 0 bridgehead atoms. The van der Waals surface area contributed by atoms with Gasteiger partial charge in [-0.25, -0.2) is 14.4 Å². The Morgan fingerprint density at radius 3 is 1.27 bits per heavy atom. The van der Waals surface area contributed by atoms with Gasteiger partial charge < -0.3 is 45.1 Å². The van der Waals surface area contributed by atoms with E-state index in [0.717, 1.165) is 38.5 Å². The molecule has 2 atom stereocenters. The van der Waals surface area contributed by atoms with Crippen LogP contribution in [0.15, 0.2) is 0 Å². The number of aliphatic carboxylic acids is 1. The molecule has 0 heterocycles. The summed E-state index contributed by atoms with van der Waals surface area (Å²) < 4.78 is 20.1. The molecule has 0 saturated carbocycles. The second-order valence-electron chi connectivity index (χ2n) is 14.3. The van der Waals surface area contributed by atoms with Gasteiger partial charge in [0.05, 0.1) is 25.0 Å². The zero-order chi connectivity index (χ0) is 38.0. The van der Waals surface area contributed by atoms with Crippen LogP contribution in [-0.2, 0) is 28.5 Å². The summed E-state index contributed by atoms with van der Waals surface area (Å²) in [6, 6.07) is 0. The van der Waals surface area contributed by atoms with Crippen LogP contribution < -0.4 is 16.0 Å². The van der Waals surface area contributed by atoms with Gasteiger partial charge in [0.15, 0.2) is 0 Å². The molecular formula is C34H67N3O11. The molecule has 48 heavy (non-hydrogen) atoms. The molecule has 5 N–H and O–H groups in total. The number of esters is 1. The van der Waals surface area contributed by atoms with E-state index in [1.54, 1.807) is 48.5 Å². The van der Waals surface area contributed by atoms with E-state index in [9.17, 15) is 24.0 Å². The van der Waals surface area contributed by atoms with Crippen LogP contribution in [0.4, 0.5) is 14.4 Å². The quantitative estimate of drug-likeness (QED) is 0.0703. The van der Waals surface area contributed by atoms with Crippen molar-refractivity contribution in [2.24, 2.45) is 11.8 Å². The van der Waals surface area contributed by atoms with Gasteiger partial charge in [0.1, 0.15) is 16.8 Å². The zero-order valence-electron chi connectivity index (χ0n) is 31.7. The SMILES string of the molecule is CC(C)(C)OC(=O)NCCO.CCCOC(=O)[C@@H](C)CCCCNC(=O)OC(C)(C)C.C[C@@H](CCCCNC(=O)OC(C)(C)C)C(=O)O. The van der Waals surface area contributed by atoms with Crippen molar-refractivity contribution >= 4 is 30.2 Å². The van der Waals surface area contributed by atoms with Crippen molar-refractivity contribution in [1.29, 1.82) is 0 Å². The number of rotatable bonds is 16. The fraction of sp³-hybridized carbons (Fsp3) is 0.853. The molecule has 14 nitrogen and oxygen atoms in total. The molecule has 14 heteroatoms. The highest BCUT2D eigenvalue weighted by Crippen LogP contribution is 2.11. The van der Waals surface area contributed by atoms with Gasteiger partial charge in [0, 0.05) is 19.6 Å². The highest BCUT2D eigenvalue weighted by molar-refractivity contribution is 5.72. The highest BCUT2D eigenvalue weighted by atomic mass is 16.6. The van der Waals surface area contributed by atoms with Crippen molar-refractivity contribution in [3.63, 3.8) is 0 Å². The van der Waals surface area contributed by atoms with E-state index in [1.807, 2.05) is 34.6 Å². The van der Waals surface area contributed by atoms with Crippen molar-refractivity contribution in [1.82, 2.24) is 16.0 Å². The summed E-state index contributed by atoms with van der Waals surface area (Å²) in [6.07, 6.45) is 4.17. The predicted molar refractivity (Wildman–Crippen MR) is 185 cm³/mol.